The van der Waals surface area contributed by atoms with Crippen LogP contribution in [0.2, 0.25) is 0 Å². The minimum atomic E-state index is 1.02. The lowest BCUT2D eigenvalue weighted by molar-refractivity contribution is 0.792. The Hall–Kier alpha value is -1.86. The van der Waals surface area contributed by atoms with Crippen molar-refractivity contribution in [1.29, 1.82) is 0 Å². The molecule has 0 atom stereocenters. The summed E-state index contributed by atoms with van der Waals surface area (Å²) in [5.41, 5.74) is 5.03. The number of unbranched alkanes of at least 4 members (excludes halogenated alkanes) is 1. The molecule has 0 amide bonds. The maximum Gasteiger partial charge on any atom is -0.00114 e. The maximum atomic E-state index is 3.96. The Labute approximate surface area is 171 Å². The molecule has 1 aromatic rings. The summed E-state index contributed by atoms with van der Waals surface area (Å²) in [4.78, 5) is 0. The average Bonchev–Trinajstić information content (AvgIpc) is 2.67. The zero-order valence-electron chi connectivity index (χ0n) is 19.2. The van der Waals surface area contributed by atoms with Crippen molar-refractivity contribution in [2.45, 2.75) is 67.2 Å². The molecule has 0 aromatic heterocycles. The third-order valence-electron chi connectivity index (χ3n) is 3.20. The number of allylic oxidation sites excluding steroid dienone is 5. The second kappa shape index (κ2) is 24.1. The molecule has 0 saturated heterocycles. The van der Waals surface area contributed by atoms with Crippen LogP contribution in [-0.4, -0.2) is 13.6 Å². The molecule has 1 rings (SSSR count). The molecule has 0 aliphatic rings. The van der Waals surface area contributed by atoms with Gasteiger partial charge in [-0.3, -0.25) is 0 Å². The first-order chi connectivity index (χ1) is 12.9. The van der Waals surface area contributed by atoms with Gasteiger partial charge in [0.15, 0.2) is 0 Å². The highest BCUT2D eigenvalue weighted by Gasteiger charge is 1.88. The second-order valence-electron chi connectivity index (χ2n) is 6.37. The van der Waals surface area contributed by atoms with E-state index in [1.165, 1.54) is 29.6 Å². The molecule has 1 heteroatoms. The summed E-state index contributed by atoms with van der Waals surface area (Å²) in [6.45, 7) is 24.4. The lowest BCUT2D eigenvalue weighted by Crippen LogP contribution is -2.09. The number of hydrogen-bond acceptors (Lipinski definition) is 1. The van der Waals surface area contributed by atoms with Crippen molar-refractivity contribution in [3.8, 4) is 0 Å². The topological polar surface area (TPSA) is 12.0 Å². The fourth-order valence-electron chi connectivity index (χ4n) is 1.80. The summed E-state index contributed by atoms with van der Waals surface area (Å²) < 4.78 is 0. The van der Waals surface area contributed by atoms with Gasteiger partial charge in [0.2, 0.25) is 0 Å². The van der Waals surface area contributed by atoms with Gasteiger partial charge in [-0.2, -0.15) is 0 Å². The van der Waals surface area contributed by atoms with Gasteiger partial charge < -0.3 is 5.32 Å². The van der Waals surface area contributed by atoms with E-state index >= 15 is 0 Å². The molecule has 1 N–H and O–H groups in total. The number of rotatable bonds is 8. The van der Waals surface area contributed by atoms with Crippen molar-refractivity contribution >= 4 is 0 Å². The number of hydrogen-bond donors (Lipinski definition) is 1. The van der Waals surface area contributed by atoms with E-state index in [1.807, 2.05) is 33.9 Å². The Morgan fingerprint density at radius 2 is 1.56 bits per heavy atom. The van der Waals surface area contributed by atoms with Gasteiger partial charge in [-0.1, -0.05) is 106 Å². The molecular weight excluding hydrogens is 326 g/mol. The zero-order valence-corrected chi connectivity index (χ0v) is 19.2. The molecule has 154 valence electrons. The molecule has 0 radical (unpaired) electrons. The van der Waals surface area contributed by atoms with Crippen molar-refractivity contribution in [2.24, 2.45) is 0 Å². The Morgan fingerprint density at radius 1 is 1.04 bits per heavy atom. The van der Waals surface area contributed by atoms with Crippen LogP contribution >= 0.6 is 0 Å². The van der Waals surface area contributed by atoms with E-state index in [0.717, 1.165) is 25.0 Å². The molecule has 0 spiro atoms. The van der Waals surface area contributed by atoms with Crippen molar-refractivity contribution < 1.29 is 0 Å². The van der Waals surface area contributed by atoms with Gasteiger partial charge in [0, 0.05) is 0 Å². The summed E-state index contributed by atoms with van der Waals surface area (Å²) in [5.74, 6) is 0. The monoisotopic (exact) mass is 371 g/mol. The number of nitrogens with one attached hydrogen (secondary N) is 1. The van der Waals surface area contributed by atoms with E-state index in [4.69, 9.17) is 0 Å². The molecule has 0 unspecified atom stereocenters. The number of likely N-dealkylation sites (N-methyl/N-ethyl adjacent to an activating group) is 1. The first-order valence-electron chi connectivity index (χ1n) is 10.2. The van der Waals surface area contributed by atoms with Crippen molar-refractivity contribution in [2.75, 3.05) is 13.6 Å². The predicted molar refractivity (Wildman–Crippen MR) is 129 cm³/mol. The fraction of sp³-hybridized carbons (Fsp3) is 0.462. The van der Waals surface area contributed by atoms with Gasteiger partial charge in [0.05, 0.1) is 0 Å². The normalized spacial score (nSPS) is 8.41. The maximum absolute atomic E-state index is 3.96. The van der Waals surface area contributed by atoms with Gasteiger partial charge in [0.25, 0.3) is 0 Å². The molecule has 0 aliphatic carbocycles. The fourth-order valence-corrected chi connectivity index (χ4v) is 1.80. The van der Waals surface area contributed by atoms with Gasteiger partial charge in [0.1, 0.15) is 0 Å². The SMILES string of the molecule is C=C(C=C(C)C)CCCC.C=CC(=C)C.CC.CNCCc1ccccc1. The standard InChI is InChI=1S/C10H18.C9H13N.C5H8.C2H6/c1-5-6-7-10(4)8-9(2)3;1-10-8-7-9-5-3-2-4-6-9;1-4-5(2)3;1-2/h8H,4-7H2,1-3H3;2-6,10H,7-8H2,1H3;4H,1-2H2,3H3;1-2H3. The van der Waals surface area contributed by atoms with Crippen LogP contribution in [0.4, 0.5) is 0 Å². The summed E-state index contributed by atoms with van der Waals surface area (Å²) in [6.07, 6.45) is 8.69. The van der Waals surface area contributed by atoms with Crippen LogP contribution < -0.4 is 5.32 Å². The average molecular weight is 372 g/mol. The Morgan fingerprint density at radius 3 is 1.93 bits per heavy atom. The highest BCUT2D eigenvalue weighted by Crippen LogP contribution is 2.08. The van der Waals surface area contributed by atoms with Crippen LogP contribution in [0.25, 0.3) is 0 Å². The molecular formula is C26H45N. The Bertz CT molecular complexity index is 490. The predicted octanol–water partition coefficient (Wildman–Crippen LogP) is 7.92. The molecule has 27 heavy (non-hydrogen) atoms. The molecule has 0 aliphatic heterocycles. The van der Waals surface area contributed by atoms with E-state index in [0.29, 0.717) is 0 Å². The molecule has 0 bridgehead atoms. The third-order valence-corrected chi connectivity index (χ3v) is 3.20. The van der Waals surface area contributed by atoms with Gasteiger partial charge >= 0.3 is 0 Å². The highest BCUT2D eigenvalue weighted by molar-refractivity contribution is 5.18. The quantitative estimate of drug-likeness (QED) is 0.457. The molecule has 0 fully saturated rings. The first kappa shape index (κ1) is 29.9. The van der Waals surface area contributed by atoms with E-state index in [1.54, 1.807) is 6.08 Å². The molecule has 1 aromatic carbocycles. The Balaban J connectivity index is -0.000000321. The van der Waals surface area contributed by atoms with E-state index in [-0.39, 0.29) is 0 Å². The van der Waals surface area contributed by atoms with Gasteiger partial charge in [-0.15, -0.1) is 0 Å². The lowest BCUT2D eigenvalue weighted by Gasteiger charge is -1.97. The van der Waals surface area contributed by atoms with Crippen LogP contribution in [0.3, 0.4) is 0 Å². The van der Waals surface area contributed by atoms with Crippen LogP contribution in [0.1, 0.15) is 66.4 Å². The highest BCUT2D eigenvalue weighted by atomic mass is 14.8. The smallest absolute Gasteiger partial charge is 0.00114 e. The van der Waals surface area contributed by atoms with E-state index in [9.17, 15) is 0 Å². The largest absolute Gasteiger partial charge is 0.319 e. The summed E-state index contributed by atoms with van der Waals surface area (Å²) in [7, 11) is 1.98. The molecule has 1 nitrogen and oxygen atoms in total. The van der Waals surface area contributed by atoms with Crippen molar-refractivity contribution in [1.82, 2.24) is 5.32 Å². The van der Waals surface area contributed by atoms with Gasteiger partial charge in [-0.05, 0) is 59.2 Å². The summed E-state index contributed by atoms with van der Waals surface area (Å²) >= 11 is 0. The minimum absolute atomic E-state index is 1.02. The van der Waals surface area contributed by atoms with Crippen LogP contribution in [0.5, 0.6) is 0 Å². The van der Waals surface area contributed by atoms with Crippen LogP contribution in [-0.2, 0) is 6.42 Å². The minimum Gasteiger partial charge on any atom is -0.319 e. The van der Waals surface area contributed by atoms with Crippen LogP contribution in [0, 0.1) is 0 Å². The summed E-state index contributed by atoms with van der Waals surface area (Å²) in [5, 5.41) is 3.12. The number of benzene rings is 1. The van der Waals surface area contributed by atoms with Crippen LogP contribution in [0.15, 0.2) is 78.9 Å². The third kappa shape index (κ3) is 29.2. The van der Waals surface area contributed by atoms with Gasteiger partial charge in [-0.25, -0.2) is 0 Å². The second-order valence-corrected chi connectivity index (χ2v) is 6.37. The van der Waals surface area contributed by atoms with E-state index in [2.05, 4.69) is 76.2 Å². The summed E-state index contributed by atoms with van der Waals surface area (Å²) in [6, 6.07) is 10.5. The zero-order chi connectivity index (χ0) is 21.5. The van der Waals surface area contributed by atoms with Crippen molar-refractivity contribution in [3.63, 3.8) is 0 Å². The van der Waals surface area contributed by atoms with Crippen molar-refractivity contribution in [3.05, 3.63) is 84.5 Å². The van der Waals surface area contributed by atoms with E-state index < -0.39 is 0 Å². The first-order valence-corrected chi connectivity index (χ1v) is 10.2. The Kier molecular flexibility index (Phi) is 26.7. The molecule has 0 saturated carbocycles. The molecule has 0 heterocycles. The lowest BCUT2D eigenvalue weighted by atomic mass is 10.1.